The van der Waals surface area contributed by atoms with Crippen molar-refractivity contribution in [2.24, 2.45) is 0 Å². The molecule has 1 rings (SSSR count). The van der Waals surface area contributed by atoms with E-state index in [4.69, 9.17) is 4.74 Å². The highest BCUT2D eigenvalue weighted by Crippen LogP contribution is 2.11. The summed E-state index contributed by atoms with van der Waals surface area (Å²) in [6, 6.07) is 6.19. The molecule has 1 aromatic rings. The molecule has 0 spiro atoms. The van der Waals surface area contributed by atoms with Gasteiger partial charge in [-0.2, -0.15) is 0 Å². The van der Waals surface area contributed by atoms with E-state index in [0.717, 1.165) is 0 Å². The molecule has 0 aliphatic carbocycles. The highest BCUT2D eigenvalue weighted by Gasteiger charge is 2.12. The predicted molar refractivity (Wildman–Crippen MR) is 95.2 cm³/mol. The average molecular weight is 368 g/mol. The van der Waals surface area contributed by atoms with Crippen molar-refractivity contribution in [3.63, 3.8) is 0 Å². The lowest BCUT2D eigenvalue weighted by Gasteiger charge is -2.05. The number of nitrogens with one attached hydrogen (secondary N) is 2. The Kier molecular flexibility index (Phi) is 8.87. The zero-order valence-corrected chi connectivity index (χ0v) is 15.3. The number of sulfonamides is 1. The van der Waals surface area contributed by atoms with Crippen molar-refractivity contribution in [1.82, 2.24) is 10.0 Å². The predicted octanol–water partition coefficient (Wildman–Crippen LogP) is 1.46. The second-order valence-corrected chi connectivity index (χ2v) is 7.07. The quantitative estimate of drug-likeness (QED) is 0.370. The molecule has 2 N–H and O–H groups in total. The van der Waals surface area contributed by atoms with Gasteiger partial charge in [-0.1, -0.05) is 19.1 Å². The Bertz CT molecular complexity index is 696. The van der Waals surface area contributed by atoms with Crippen molar-refractivity contribution >= 4 is 28.0 Å². The summed E-state index contributed by atoms with van der Waals surface area (Å²) >= 11 is 0. The summed E-state index contributed by atoms with van der Waals surface area (Å²) in [5.41, 5.74) is 0.685. The molecular formula is C17H24N2O5S. The van der Waals surface area contributed by atoms with E-state index in [1.807, 2.05) is 6.92 Å². The summed E-state index contributed by atoms with van der Waals surface area (Å²) in [5.74, 6) is -0.620. The van der Waals surface area contributed by atoms with Crippen LogP contribution in [-0.2, 0) is 24.3 Å². The first-order chi connectivity index (χ1) is 11.8. The highest BCUT2D eigenvalue weighted by molar-refractivity contribution is 7.89. The summed E-state index contributed by atoms with van der Waals surface area (Å²) in [7, 11) is -3.49. The van der Waals surface area contributed by atoms with Gasteiger partial charge in [0.2, 0.25) is 15.9 Å². The number of hydrogen-bond donors (Lipinski definition) is 2. The fraction of sp³-hybridized carbons (Fsp3) is 0.412. The normalized spacial score (nSPS) is 11.4. The van der Waals surface area contributed by atoms with E-state index < -0.39 is 16.0 Å². The third-order valence-electron chi connectivity index (χ3n) is 3.08. The van der Waals surface area contributed by atoms with Crippen LogP contribution in [0.4, 0.5) is 0 Å². The first kappa shape index (κ1) is 20.9. The molecule has 0 aliphatic rings. The maximum absolute atomic E-state index is 12.0. The topological polar surface area (TPSA) is 102 Å². The van der Waals surface area contributed by atoms with Gasteiger partial charge in [0.1, 0.15) is 0 Å². The van der Waals surface area contributed by atoms with Gasteiger partial charge in [0.25, 0.3) is 0 Å². The second-order valence-electron chi connectivity index (χ2n) is 5.30. The van der Waals surface area contributed by atoms with Gasteiger partial charge in [-0.25, -0.2) is 17.9 Å². The number of carbonyl (C=O) groups excluding carboxylic acids is 2. The van der Waals surface area contributed by atoms with Crippen LogP contribution in [-0.4, -0.2) is 40.0 Å². The average Bonchev–Trinajstić information content (AvgIpc) is 2.58. The Balaban J connectivity index is 2.47. The molecule has 0 unspecified atom stereocenters. The first-order valence-corrected chi connectivity index (χ1v) is 9.52. The molecule has 0 atom stereocenters. The van der Waals surface area contributed by atoms with E-state index in [2.05, 4.69) is 10.0 Å². The fourth-order valence-corrected chi connectivity index (χ4v) is 2.93. The number of carbonyl (C=O) groups is 2. The van der Waals surface area contributed by atoms with Crippen LogP contribution in [0.3, 0.4) is 0 Å². The molecular weight excluding hydrogens is 344 g/mol. The standard InChI is InChI=1S/C17H24N2O5S/c1-3-11-19-25(22,23)16-8-5-15(6-9-16)7-10-17(21)24-13-4-12-18-14(2)20/h5-10,19H,3-4,11-13H2,1-2H3,(H,18,20)/b10-7+. The fourth-order valence-electron chi connectivity index (χ4n) is 1.80. The van der Waals surface area contributed by atoms with Crippen molar-refractivity contribution in [1.29, 1.82) is 0 Å². The largest absolute Gasteiger partial charge is 0.462 e. The SMILES string of the molecule is CCCNS(=O)(=O)c1ccc(/C=C/C(=O)OCCCNC(C)=O)cc1. The summed E-state index contributed by atoms with van der Waals surface area (Å²) in [4.78, 5) is 22.4. The smallest absolute Gasteiger partial charge is 0.330 e. The molecule has 7 nitrogen and oxygen atoms in total. The van der Waals surface area contributed by atoms with E-state index in [-0.39, 0.29) is 17.4 Å². The lowest BCUT2D eigenvalue weighted by molar-refractivity contribution is -0.137. The van der Waals surface area contributed by atoms with Crippen molar-refractivity contribution in [3.05, 3.63) is 35.9 Å². The summed E-state index contributed by atoms with van der Waals surface area (Å²) in [5, 5.41) is 2.60. The summed E-state index contributed by atoms with van der Waals surface area (Å²) < 4.78 is 31.4. The van der Waals surface area contributed by atoms with Crippen molar-refractivity contribution in [2.75, 3.05) is 19.7 Å². The van der Waals surface area contributed by atoms with Crippen LogP contribution in [0.2, 0.25) is 0 Å². The highest BCUT2D eigenvalue weighted by atomic mass is 32.2. The Morgan fingerprint density at radius 1 is 1.16 bits per heavy atom. The molecule has 0 saturated carbocycles. The Morgan fingerprint density at radius 3 is 2.44 bits per heavy atom. The van der Waals surface area contributed by atoms with Gasteiger partial charge >= 0.3 is 5.97 Å². The zero-order chi connectivity index (χ0) is 18.7. The van der Waals surface area contributed by atoms with E-state index >= 15 is 0 Å². The third-order valence-corrected chi connectivity index (χ3v) is 4.56. The van der Waals surface area contributed by atoms with Crippen LogP contribution in [0.15, 0.2) is 35.2 Å². The Hall–Kier alpha value is -2.19. The van der Waals surface area contributed by atoms with E-state index in [1.54, 1.807) is 18.2 Å². The van der Waals surface area contributed by atoms with Crippen LogP contribution in [0.25, 0.3) is 6.08 Å². The van der Waals surface area contributed by atoms with Crippen LogP contribution >= 0.6 is 0 Å². The molecule has 8 heteroatoms. The molecule has 0 saturated heterocycles. The molecule has 138 valence electrons. The molecule has 0 bridgehead atoms. The zero-order valence-electron chi connectivity index (χ0n) is 14.4. The molecule has 0 fully saturated rings. The summed E-state index contributed by atoms with van der Waals surface area (Å²) in [6.45, 7) is 4.36. The van der Waals surface area contributed by atoms with Gasteiger partial charge in [-0.3, -0.25) is 4.79 Å². The lowest BCUT2D eigenvalue weighted by Crippen LogP contribution is -2.24. The minimum atomic E-state index is -3.49. The minimum absolute atomic E-state index is 0.124. The number of benzene rings is 1. The van der Waals surface area contributed by atoms with Crippen LogP contribution in [0.5, 0.6) is 0 Å². The van der Waals surface area contributed by atoms with Crippen LogP contribution < -0.4 is 10.0 Å². The molecule has 0 aliphatic heterocycles. The Labute approximate surface area is 148 Å². The number of rotatable bonds is 10. The summed E-state index contributed by atoms with van der Waals surface area (Å²) in [6.07, 6.45) is 4.08. The molecule has 0 heterocycles. The third kappa shape index (κ3) is 8.46. The van der Waals surface area contributed by atoms with E-state index in [0.29, 0.717) is 31.5 Å². The Morgan fingerprint density at radius 2 is 1.84 bits per heavy atom. The van der Waals surface area contributed by atoms with Crippen LogP contribution in [0, 0.1) is 0 Å². The molecule has 1 aromatic carbocycles. The van der Waals surface area contributed by atoms with Gasteiger partial charge in [0.05, 0.1) is 11.5 Å². The van der Waals surface area contributed by atoms with Crippen molar-refractivity contribution in [3.8, 4) is 0 Å². The maximum atomic E-state index is 12.0. The molecule has 0 aromatic heterocycles. The maximum Gasteiger partial charge on any atom is 0.330 e. The number of ether oxygens (including phenoxy) is 1. The molecule has 1 amide bonds. The van der Waals surface area contributed by atoms with Gasteiger partial charge in [-0.05, 0) is 36.6 Å². The number of esters is 1. The van der Waals surface area contributed by atoms with Gasteiger partial charge in [0, 0.05) is 26.1 Å². The van der Waals surface area contributed by atoms with Crippen molar-refractivity contribution in [2.45, 2.75) is 31.6 Å². The van der Waals surface area contributed by atoms with E-state index in [1.165, 1.54) is 25.1 Å². The molecule has 25 heavy (non-hydrogen) atoms. The number of hydrogen-bond acceptors (Lipinski definition) is 5. The first-order valence-electron chi connectivity index (χ1n) is 8.04. The lowest BCUT2D eigenvalue weighted by atomic mass is 10.2. The van der Waals surface area contributed by atoms with Gasteiger partial charge < -0.3 is 10.1 Å². The van der Waals surface area contributed by atoms with Gasteiger partial charge in [-0.15, -0.1) is 0 Å². The minimum Gasteiger partial charge on any atom is -0.462 e. The van der Waals surface area contributed by atoms with Crippen LogP contribution in [0.1, 0.15) is 32.3 Å². The second kappa shape index (κ2) is 10.6. The number of amides is 1. The van der Waals surface area contributed by atoms with Gasteiger partial charge in [0.15, 0.2) is 0 Å². The van der Waals surface area contributed by atoms with E-state index in [9.17, 15) is 18.0 Å². The molecule has 0 radical (unpaired) electrons. The van der Waals surface area contributed by atoms with Crippen molar-refractivity contribution < 1.29 is 22.7 Å². The monoisotopic (exact) mass is 368 g/mol.